The second-order valence-electron chi connectivity index (χ2n) is 10.0. The minimum absolute atomic E-state index is 0.757. The van der Waals surface area contributed by atoms with Crippen molar-refractivity contribution in [2.75, 3.05) is 0 Å². The Hall–Kier alpha value is -1.48. The van der Waals surface area contributed by atoms with Crippen LogP contribution in [-0.2, 0) is 6.42 Å². The van der Waals surface area contributed by atoms with E-state index in [9.17, 15) is 0 Å². The molecule has 30 heavy (non-hydrogen) atoms. The summed E-state index contributed by atoms with van der Waals surface area (Å²) in [7, 11) is 0. The van der Waals surface area contributed by atoms with E-state index in [-0.39, 0.29) is 0 Å². The topological polar surface area (TPSA) is 0 Å². The van der Waals surface area contributed by atoms with Crippen LogP contribution in [0.2, 0.25) is 0 Å². The summed E-state index contributed by atoms with van der Waals surface area (Å²) in [5, 5.41) is 0. The molecule has 0 aliphatic heterocycles. The van der Waals surface area contributed by atoms with Gasteiger partial charge in [-0.25, -0.2) is 0 Å². The van der Waals surface area contributed by atoms with E-state index < -0.39 is 0 Å². The average molecular weight is 405 g/mol. The predicted octanol–water partition coefficient (Wildman–Crippen LogP) is 8.74. The van der Waals surface area contributed by atoms with Gasteiger partial charge in [0.1, 0.15) is 0 Å². The number of aryl methyl sites for hydroxylation is 1. The molecular formula is C30H44. The smallest absolute Gasteiger partial charge is 0.0249 e. The Balaban J connectivity index is 1.35. The number of benzene rings is 1. The number of hydrogen-bond acceptors (Lipinski definition) is 0. The van der Waals surface area contributed by atoms with Crippen molar-refractivity contribution in [3.8, 4) is 11.8 Å². The SMILES string of the molecule is CCCCC[C@H]1CC[C@H](C2CCC(/C=C/C#Cc3ccc(CCC)cc3)CC2)CC1. The molecule has 0 atom stereocenters. The van der Waals surface area contributed by atoms with Crippen LogP contribution >= 0.6 is 0 Å². The van der Waals surface area contributed by atoms with Crippen molar-refractivity contribution in [3.63, 3.8) is 0 Å². The third-order valence-electron chi connectivity index (χ3n) is 7.75. The minimum atomic E-state index is 0.757. The summed E-state index contributed by atoms with van der Waals surface area (Å²) in [6.45, 7) is 4.55. The van der Waals surface area contributed by atoms with Crippen molar-refractivity contribution in [3.05, 3.63) is 47.5 Å². The van der Waals surface area contributed by atoms with Crippen molar-refractivity contribution in [1.29, 1.82) is 0 Å². The maximum atomic E-state index is 3.30. The number of hydrogen-bond donors (Lipinski definition) is 0. The zero-order valence-corrected chi connectivity index (χ0v) is 19.7. The Labute approximate surface area is 186 Å². The van der Waals surface area contributed by atoms with E-state index in [0.717, 1.165) is 35.7 Å². The van der Waals surface area contributed by atoms with Crippen LogP contribution in [0, 0.1) is 35.5 Å². The van der Waals surface area contributed by atoms with Gasteiger partial charge < -0.3 is 0 Å². The summed E-state index contributed by atoms with van der Waals surface area (Å²) in [5.41, 5.74) is 2.55. The van der Waals surface area contributed by atoms with Gasteiger partial charge in [0.15, 0.2) is 0 Å². The first-order valence-electron chi connectivity index (χ1n) is 13.1. The lowest BCUT2D eigenvalue weighted by Gasteiger charge is -2.37. The van der Waals surface area contributed by atoms with Gasteiger partial charge in [-0.3, -0.25) is 0 Å². The average Bonchev–Trinajstić information content (AvgIpc) is 2.79. The van der Waals surface area contributed by atoms with Gasteiger partial charge in [0.05, 0.1) is 0 Å². The summed E-state index contributed by atoms with van der Waals surface area (Å²) in [4.78, 5) is 0. The molecule has 0 spiro atoms. The molecule has 0 N–H and O–H groups in total. The molecule has 0 aromatic heterocycles. The Kier molecular flexibility index (Phi) is 10.1. The molecule has 1 aromatic carbocycles. The lowest BCUT2D eigenvalue weighted by Crippen LogP contribution is -2.25. The third-order valence-corrected chi connectivity index (χ3v) is 7.75. The van der Waals surface area contributed by atoms with E-state index >= 15 is 0 Å². The quantitative estimate of drug-likeness (QED) is 0.300. The van der Waals surface area contributed by atoms with Crippen LogP contribution in [0.3, 0.4) is 0 Å². The summed E-state index contributed by atoms with van der Waals surface area (Å²) in [6.07, 6.45) is 24.4. The van der Waals surface area contributed by atoms with Crippen molar-refractivity contribution in [2.45, 2.75) is 104 Å². The van der Waals surface area contributed by atoms with Crippen LogP contribution in [-0.4, -0.2) is 0 Å². The van der Waals surface area contributed by atoms with Crippen LogP contribution in [0.5, 0.6) is 0 Å². The first-order valence-corrected chi connectivity index (χ1v) is 13.1. The van der Waals surface area contributed by atoms with Gasteiger partial charge in [0, 0.05) is 5.56 Å². The molecule has 2 fully saturated rings. The summed E-state index contributed by atoms with van der Waals surface area (Å²) < 4.78 is 0. The molecule has 0 heterocycles. The zero-order valence-electron chi connectivity index (χ0n) is 19.7. The summed E-state index contributed by atoms with van der Waals surface area (Å²) >= 11 is 0. The predicted molar refractivity (Wildman–Crippen MR) is 131 cm³/mol. The highest BCUT2D eigenvalue weighted by atomic mass is 14.4. The molecule has 164 valence electrons. The van der Waals surface area contributed by atoms with Gasteiger partial charge in [-0.05, 0) is 92.4 Å². The maximum absolute atomic E-state index is 3.30. The molecule has 0 amide bonds. The molecule has 0 heteroatoms. The van der Waals surface area contributed by atoms with Crippen molar-refractivity contribution in [1.82, 2.24) is 0 Å². The molecule has 0 saturated heterocycles. The van der Waals surface area contributed by atoms with E-state index in [1.165, 1.54) is 89.0 Å². The van der Waals surface area contributed by atoms with Crippen molar-refractivity contribution in [2.24, 2.45) is 23.7 Å². The standard InChI is InChI=1S/C30H44/c1-3-5-6-10-27-17-21-29(22-18-27)30-23-19-28(20-24-30)12-8-7-11-26-15-13-25(9-4-2)14-16-26/h8,12-16,27-30H,3-6,9-10,17-24H2,1-2H3/b12-8+/t27-,28?,29-,30?. The third kappa shape index (κ3) is 7.65. The largest absolute Gasteiger partial charge is 0.0730 e. The lowest BCUT2D eigenvalue weighted by molar-refractivity contribution is 0.151. The van der Waals surface area contributed by atoms with Gasteiger partial charge in [0.25, 0.3) is 0 Å². The molecule has 3 rings (SSSR count). The molecule has 1 aromatic rings. The van der Waals surface area contributed by atoms with E-state index in [1.54, 1.807) is 0 Å². The van der Waals surface area contributed by atoms with E-state index in [4.69, 9.17) is 0 Å². The fourth-order valence-corrected chi connectivity index (χ4v) is 5.79. The molecule has 0 unspecified atom stereocenters. The summed E-state index contributed by atoms with van der Waals surface area (Å²) in [6, 6.07) is 8.76. The summed E-state index contributed by atoms with van der Waals surface area (Å²) in [5.74, 6) is 10.4. The lowest BCUT2D eigenvalue weighted by atomic mass is 9.68. The van der Waals surface area contributed by atoms with Crippen LogP contribution in [0.25, 0.3) is 0 Å². The molecular weight excluding hydrogens is 360 g/mol. The van der Waals surface area contributed by atoms with Gasteiger partial charge in [0.2, 0.25) is 0 Å². The van der Waals surface area contributed by atoms with Gasteiger partial charge >= 0.3 is 0 Å². The van der Waals surface area contributed by atoms with E-state index in [2.05, 4.69) is 62.1 Å². The Bertz CT molecular complexity index is 667. The highest BCUT2D eigenvalue weighted by Crippen LogP contribution is 2.42. The van der Waals surface area contributed by atoms with Crippen LogP contribution in [0.4, 0.5) is 0 Å². The fourth-order valence-electron chi connectivity index (χ4n) is 5.79. The monoisotopic (exact) mass is 404 g/mol. The molecule has 0 nitrogen and oxygen atoms in total. The second-order valence-corrected chi connectivity index (χ2v) is 10.0. The highest BCUT2D eigenvalue weighted by molar-refractivity contribution is 5.38. The number of allylic oxidation sites excluding steroid dienone is 2. The second kappa shape index (κ2) is 13.0. The zero-order chi connectivity index (χ0) is 21.0. The van der Waals surface area contributed by atoms with E-state index in [0.29, 0.717) is 0 Å². The molecule has 0 radical (unpaired) electrons. The van der Waals surface area contributed by atoms with Gasteiger partial charge in [-0.2, -0.15) is 0 Å². The van der Waals surface area contributed by atoms with Crippen LogP contribution in [0.15, 0.2) is 36.4 Å². The number of rotatable bonds is 8. The molecule has 2 saturated carbocycles. The Morgan fingerprint density at radius 2 is 1.47 bits per heavy atom. The van der Waals surface area contributed by atoms with Crippen LogP contribution in [0.1, 0.15) is 108 Å². The van der Waals surface area contributed by atoms with Gasteiger partial charge in [-0.1, -0.05) is 88.8 Å². The normalized spacial score (nSPS) is 27.0. The first kappa shape index (κ1) is 23.2. The van der Waals surface area contributed by atoms with Crippen molar-refractivity contribution >= 4 is 0 Å². The Morgan fingerprint density at radius 1 is 0.800 bits per heavy atom. The van der Waals surface area contributed by atoms with Gasteiger partial charge in [-0.15, -0.1) is 0 Å². The fraction of sp³-hybridized carbons (Fsp3) is 0.667. The van der Waals surface area contributed by atoms with Crippen LogP contribution < -0.4 is 0 Å². The van der Waals surface area contributed by atoms with Crippen molar-refractivity contribution < 1.29 is 0 Å². The number of unbranched alkanes of at least 4 members (excludes halogenated alkanes) is 2. The molecule has 0 bridgehead atoms. The maximum Gasteiger partial charge on any atom is 0.0249 e. The first-order chi connectivity index (χ1) is 14.8. The molecule has 2 aliphatic carbocycles. The minimum Gasteiger partial charge on any atom is -0.0730 e. The Morgan fingerprint density at radius 3 is 2.10 bits per heavy atom. The van der Waals surface area contributed by atoms with E-state index in [1.807, 2.05) is 0 Å². The molecule has 2 aliphatic rings. The highest BCUT2D eigenvalue weighted by Gasteiger charge is 2.30.